The van der Waals surface area contributed by atoms with E-state index in [0.717, 1.165) is 19.6 Å². The zero-order valence-electron chi connectivity index (χ0n) is 11.7. The van der Waals surface area contributed by atoms with E-state index in [2.05, 4.69) is 4.90 Å². The number of carbonyl (C=O) groups excluding carboxylic acids is 1. The van der Waals surface area contributed by atoms with Crippen molar-refractivity contribution in [3.05, 3.63) is 24.3 Å². The van der Waals surface area contributed by atoms with Crippen LogP contribution in [0.15, 0.2) is 24.3 Å². The number of rotatable bonds is 7. The maximum Gasteiger partial charge on any atom is 0.309 e. The normalized spacial score (nSPS) is 15.2. The maximum atomic E-state index is 11.5. The molecule has 5 heteroatoms. The fourth-order valence-corrected chi connectivity index (χ4v) is 2.22. The first-order valence-electron chi connectivity index (χ1n) is 7.11. The minimum Gasteiger partial charge on any atom is -0.491 e. The van der Waals surface area contributed by atoms with Crippen LogP contribution in [0, 0.1) is 0 Å². The van der Waals surface area contributed by atoms with Gasteiger partial charge in [0.1, 0.15) is 12.4 Å². The molecule has 110 valence electrons. The van der Waals surface area contributed by atoms with Crippen molar-refractivity contribution in [2.75, 3.05) is 38.6 Å². The zero-order chi connectivity index (χ0) is 14.2. The lowest BCUT2D eigenvalue weighted by molar-refractivity contribution is -0.144. The lowest BCUT2D eigenvalue weighted by atomic mass is 10.3. The molecule has 0 spiro atoms. The molecular weight excluding hydrogens is 256 g/mol. The summed E-state index contributed by atoms with van der Waals surface area (Å²) >= 11 is 0. The molecule has 1 heterocycles. The maximum absolute atomic E-state index is 11.5. The summed E-state index contributed by atoms with van der Waals surface area (Å²) < 4.78 is 10.6. The number of hydrogen-bond donors (Lipinski definition) is 1. The molecule has 0 unspecified atom stereocenters. The molecule has 0 aliphatic carbocycles. The summed E-state index contributed by atoms with van der Waals surface area (Å²) in [6, 6.07) is 7.24. The van der Waals surface area contributed by atoms with Gasteiger partial charge in [-0.3, -0.25) is 9.69 Å². The number of nitrogens with two attached hydrogens (primary N) is 1. The third-order valence-electron chi connectivity index (χ3n) is 3.35. The molecule has 0 atom stereocenters. The summed E-state index contributed by atoms with van der Waals surface area (Å²) in [6.45, 7) is 3.82. The fourth-order valence-electron chi connectivity index (χ4n) is 2.22. The second-order valence-electron chi connectivity index (χ2n) is 4.91. The summed E-state index contributed by atoms with van der Waals surface area (Å²) in [4.78, 5) is 13.9. The largest absolute Gasteiger partial charge is 0.491 e. The van der Waals surface area contributed by atoms with E-state index in [9.17, 15) is 4.79 Å². The molecule has 0 radical (unpaired) electrons. The van der Waals surface area contributed by atoms with Crippen molar-refractivity contribution in [2.24, 2.45) is 0 Å². The number of hydrogen-bond acceptors (Lipinski definition) is 5. The van der Waals surface area contributed by atoms with Gasteiger partial charge in [0.2, 0.25) is 0 Å². The van der Waals surface area contributed by atoms with Gasteiger partial charge in [-0.25, -0.2) is 0 Å². The molecule has 2 N–H and O–H groups in total. The third-order valence-corrected chi connectivity index (χ3v) is 3.35. The molecular formula is C15H22N2O3. The van der Waals surface area contributed by atoms with Crippen LogP contribution in [-0.4, -0.2) is 43.7 Å². The highest BCUT2D eigenvalue weighted by atomic mass is 16.5. The molecule has 1 aliphatic rings. The van der Waals surface area contributed by atoms with Crippen molar-refractivity contribution >= 4 is 11.7 Å². The second-order valence-corrected chi connectivity index (χ2v) is 4.91. The first kappa shape index (κ1) is 14.7. The first-order chi connectivity index (χ1) is 9.75. The van der Waals surface area contributed by atoms with Crippen LogP contribution in [0.5, 0.6) is 5.75 Å². The van der Waals surface area contributed by atoms with Gasteiger partial charge in [-0.1, -0.05) is 12.1 Å². The predicted molar refractivity (Wildman–Crippen MR) is 77.6 cm³/mol. The van der Waals surface area contributed by atoms with E-state index < -0.39 is 0 Å². The van der Waals surface area contributed by atoms with Crippen LogP contribution in [0.3, 0.4) is 0 Å². The molecule has 5 nitrogen and oxygen atoms in total. The predicted octanol–water partition coefficient (Wildman–Crippen LogP) is 1.68. The molecule has 20 heavy (non-hydrogen) atoms. The van der Waals surface area contributed by atoms with Gasteiger partial charge in [0, 0.05) is 6.54 Å². The highest BCUT2D eigenvalue weighted by Gasteiger charge is 2.12. The number of para-hydroxylation sites is 2. The Kier molecular flexibility index (Phi) is 5.68. The topological polar surface area (TPSA) is 64.8 Å². The Morgan fingerprint density at radius 2 is 1.95 bits per heavy atom. The van der Waals surface area contributed by atoms with Gasteiger partial charge >= 0.3 is 5.97 Å². The van der Waals surface area contributed by atoms with E-state index in [1.165, 1.54) is 12.8 Å². The second kappa shape index (κ2) is 7.75. The molecule has 0 aromatic heterocycles. The Morgan fingerprint density at radius 3 is 2.70 bits per heavy atom. The van der Waals surface area contributed by atoms with Gasteiger partial charge < -0.3 is 15.2 Å². The Balaban J connectivity index is 1.57. The SMILES string of the molecule is Nc1ccccc1OCCC(=O)OCCN1CCCC1. The van der Waals surface area contributed by atoms with Gasteiger partial charge in [0.15, 0.2) is 0 Å². The van der Waals surface area contributed by atoms with Crippen molar-refractivity contribution in [1.82, 2.24) is 4.90 Å². The standard InChI is InChI=1S/C15H22N2O3/c16-13-5-1-2-6-14(13)19-11-7-15(18)20-12-10-17-8-3-4-9-17/h1-2,5-6H,3-4,7-12,16H2. The van der Waals surface area contributed by atoms with Crippen molar-refractivity contribution < 1.29 is 14.3 Å². The Hall–Kier alpha value is -1.75. The van der Waals surface area contributed by atoms with Crippen LogP contribution < -0.4 is 10.5 Å². The van der Waals surface area contributed by atoms with Crippen molar-refractivity contribution in [3.8, 4) is 5.75 Å². The Bertz CT molecular complexity index is 431. The van der Waals surface area contributed by atoms with Gasteiger partial charge in [-0.15, -0.1) is 0 Å². The number of carbonyl (C=O) groups is 1. The number of ether oxygens (including phenoxy) is 2. The van der Waals surface area contributed by atoms with Gasteiger partial charge in [0.25, 0.3) is 0 Å². The summed E-state index contributed by atoms with van der Waals surface area (Å²) in [5.74, 6) is 0.385. The van der Waals surface area contributed by atoms with Crippen molar-refractivity contribution in [1.29, 1.82) is 0 Å². The van der Waals surface area contributed by atoms with Gasteiger partial charge in [0.05, 0.1) is 18.7 Å². The number of esters is 1. The van der Waals surface area contributed by atoms with Crippen LogP contribution in [0.2, 0.25) is 0 Å². The number of likely N-dealkylation sites (tertiary alicyclic amines) is 1. The molecule has 2 rings (SSSR count). The fraction of sp³-hybridized carbons (Fsp3) is 0.533. The molecule has 1 saturated heterocycles. The van der Waals surface area contributed by atoms with Crippen LogP contribution in [0.1, 0.15) is 19.3 Å². The van der Waals surface area contributed by atoms with Gasteiger partial charge in [-0.05, 0) is 38.1 Å². The Morgan fingerprint density at radius 1 is 1.20 bits per heavy atom. The van der Waals surface area contributed by atoms with E-state index in [1.54, 1.807) is 12.1 Å². The quantitative estimate of drug-likeness (QED) is 0.607. The van der Waals surface area contributed by atoms with E-state index in [4.69, 9.17) is 15.2 Å². The number of nitrogens with zero attached hydrogens (tertiary/aromatic N) is 1. The van der Waals surface area contributed by atoms with Gasteiger partial charge in [-0.2, -0.15) is 0 Å². The molecule has 0 bridgehead atoms. The monoisotopic (exact) mass is 278 g/mol. The van der Waals surface area contributed by atoms with E-state index in [0.29, 0.717) is 18.0 Å². The lowest BCUT2D eigenvalue weighted by Gasteiger charge is -2.14. The number of benzene rings is 1. The minimum absolute atomic E-state index is 0.223. The summed E-state index contributed by atoms with van der Waals surface area (Å²) in [5, 5.41) is 0. The minimum atomic E-state index is -0.223. The Labute approximate surface area is 119 Å². The highest BCUT2D eigenvalue weighted by Crippen LogP contribution is 2.19. The average molecular weight is 278 g/mol. The van der Waals surface area contributed by atoms with Crippen LogP contribution in [0.25, 0.3) is 0 Å². The van der Waals surface area contributed by atoms with E-state index >= 15 is 0 Å². The lowest BCUT2D eigenvalue weighted by Crippen LogP contribution is -2.25. The molecule has 0 amide bonds. The molecule has 1 aromatic rings. The molecule has 1 aliphatic heterocycles. The first-order valence-corrected chi connectivity index (χ1v) is 7.11. The zero-order valence-corrected chi connectivity index (χ0v) is 11.7. The summed E-state index contributed by atoms with van der Waals surface area (Å²) in [5.41, 5.74) is 6.32. The average Bonchev–Trinajstić information content (AvgIpc) is 2.94. The summed E-state index contributed by atoms with van der Waals surface area (Å²) in [6.07, 6.45) is 2.74. The van der Waals surface area contributed by atoms with Crippen LogP contribution in [-0.2, 0) is 9.53 Å². The van der Waals surface area contributed by atoms with E-state index in [1.807, 2.05) is 12.1 Å². The highest BCUT2D eigenvalue weighted by molar-refractivity contribution is 5.69. The van der Waals surface area contributed by atoms with Crippen molar-refractivity contribution in [3.63, 3.8) is 0 Å². The van der Waals surface area contributed by atoms with Crippen molar-refractivity contribution in [2.45, 2.75) is 19.3 Å². The third kappa shape index (κ3) is 4.74. The summed E-state index contributed by atoms with van der Waals surface area (Å²) in [7, 11) is 0. The molecule has 0 saturated carbocycles. The smallest absolute Gasteiger partial charge is 0.309 e. The molecule has 1 fully saturated rings. The molecule has 1 aromatic carbocycles. The number of nitrogen functional groups attached to an aromatic ring is 1. The van der Waals surface area contributed by atoms with E-state index in [-0.39, 0.29) is 19.0 Å². The van der Waals surface area contributed by atoms with Crippen LogP contribution >= 0.6 is 0 Å². The number of anilines is 1. The van der Waals surface area contributed by atoms with Crippen LogP contribution in [0.4, 0.5) is 5.69 Å².